The SMILES string of the molecule is CCc1nc(N2CCCC(C)(OC)C2)sc1C=O. The van der Waals surface area contributed by atoms with Crippen LogP contribution >= 0.6 is 11.3 Å². The van der Waals surface area contributed by atoms with Crippen LogP contribution in [0.1, 0.15) is 42.1 Å². The maximum absolute atomic E-state index is 11.0. The highest BCUT2D eigenvalue weighted by Crippen LogP contribution is 2.31. The molecule has 1 fully saturated rings. The standard InChI is InChI=1S/C13H20N2O2S/c1-4-10-11(8-16)18-12(14-10)15-7-5-6-13(2,9-15)17-3/h8H,4-7,9H2,1-3H3. The zero-order chi connectivity index (χ0) is 13.2. The number of aromatic nitrogens is 1. The molecule has 0 radical (unpaired) electrons. The maximum Gasteiger partial charge on any atom is 0.186 e. The van der Waals surface area contributed by atoms with E-state index in [2.05, 4.69) is 16.8 Å². The molecule has 0 N–H and O–H groups in total. The van der Waals surface area contributed by atoms with Gasteiger partial charge in [-0.3, -0.25) is 4.79 Å². The number of nitrogens with zero attached hydrogens (tertiary/aromatic N) is 2. The summed E-state index contributed by atoms with van der Waals surface area (Å²) in [6, 6.07) is 0. The van der Waals surface area contributed by atoms with Crippen LogP contribution in [0.25, 0.3) is 0 Å². The second-order valence-electron chi connectivity index (χ2n) is 4.96. The van der Waals surface area contributed by atoms with Crippen LogP contribution in [-0.4, -0.2) is 37.1 Å². The molecule has 1 aromatic heterocycles. The average molecular weight is 268 g/mol. The molecule has 1 atom stereocenters. The molecule has 2 heterocycles. The zero-order valence-corrected chi connectivity index (χ0v) is 12.0. The van der Waals surface area contributed by atoms with Crippen LogP contribution in [0.5, 0.6) is 0 Å². The molecule has 100 valence electrons. The van der Waals surface area contributed by atoms with E-state index in [1.807, 2.05) is 6.92 Å². The summed E-state index contributed by atoms with van der Waals surface area (Å²) in [5.41, 5.74) is 0.812. The molecular weight excluding hydrogens is 248 g/mol. The molecule has 0 aromatic carbocycles. The number of hydrogen-bond donors (Lipinski definition) is 0. The highest BCUT2D eigenvalue weighted by molar-refractivity contribution is 7.17. The van der Waals surface area contributed by atoms with Gasteiger partial charge in [0.2, 0.25) is 0 Å². The lowest BCUT2D eigenvalue weighted by Crippen LogP contribution is -2.47. The molecule has 0 spiro atoms. The maximum atomic E-state index is 11.0. The second-order valence-corrected chi connectivity index (χ2v) is 5.97. The Morgan fingerprint density at radius 2 is 2.39 bits per heavy atom. The lowest BCUT2D eigenvalue weighted by Gasteiger charge is -2.39. The largest absolute Gasteiger partial charge is 0.377 e. The predicted molar refractivity (Wildman–Crippen MR) is 73.7 cm³/mol. The summed E-state index contributed by atoms with van der Waals surface area (Å²) in [6.07, 6.45) is 3.90. The first-order chi connectivity index (χ1) is 8.61. The third-order valence-electron chi connectivity index (χ3n) is 3.58. The van der Waals surface area contributed by atoms with Gasteiger partial charge in [0, 0.05) is 20.2 Å². The van der Waals surface area contributed by atoms with Crippen molar-refractivity contribution in [3.8, 4) is 0 Å². The molecule has 1 aliphatic heterocycles. The number of aldehydes is 1. The molecule has 0 saturated carbocycles. The van der Waals surface area contributed by atoms with Gasteiger partial charge in [-0.25, -0.2) is 4.98 Å². The van der Waals surface area contributed by atoms with E-state index in [9.17, 15) is 4.79 Å². The van der Waals surface area contributed by atoms with Gasteiger partial charge < -0.3 is 9.64 Å². The van der Waals surface area contributed by atoms with Crippen molar-refractivity contribution in [2.75, 3.05) is 25.1 Å². The van der Waals surface area contributed by atoms with E-state index in [4.69, 9.17) is 4.74 Å². The summed E-state index contributed by atoms with van der Waals surface area (Å²) < 4.78 is 5.59. The fourth-order valence-corrected chi connectivity index (χ4v) is 3.36. The Balaban J connectivity index is 2.20. The Bertz CT molecular complexity index is 433. The average Bonchev–Trinajstić information content (AvgIpc) is 2.82. The third-order valence-corrected chi connectivity index (χ3v) is 4.66. The number of hydrogen-bond acceptors (Lipinski definition) is 5. The summed E-state index contributed by atoms with van der Waals surface area (Å²) >= 11 is 1.49. The summed E-state index contributed by atoms with van der Waals surface area (Å²) in [4.78, 5) is 18.6. The topological polar surface area (TPSA) is 42.4 Å². The van der Waals surface area contributed by atoms with Gasteiger partial charge in [0.25, 0.3) is 0 Å². The Morgan fingerprint density at radius 3 is 2.94 bits per heavy atom. The van der Waals surface area contributed by atoms with E-state index in [1.54, 1.807) is 7.11 Å². The number of anilines is 1. The van der Waals surface area contributed by atoms with E-state index in [0.717, 1.165) is 54.3 Å². The fourth-order valence-electron chi connectivity index (χ4n) is 2.37. The molecule has 2 rings (SSSR count). The highest BCUT2D eigenvalue weighted by Gasteiger charge is 2.32. The first kappa shape index (κ1) is 13.5. The summed E-state index contributed by atoms with van der Waals surface area (Å²) in [5, 5.41) is 0.955. The van der Waals surface area contributed by atoms with Crippen molar-refractivity contribution in [2.45, 2.75) is 38.7 Å². The molecule has 0 aliphatic carbocycles. The lowest BCUT2D eigenvalue weighted by molar-refractivity contribution is -0.00466. The number of thiazole rings is 1. The zero-order valence-electron chi connectivity index (χ0n) is 11.2. The predicted octanol–water partition coefficient (Wildman–Crippen LogP) is 2.52. The molecule has 1 aromatic rings. The molecule has 0 bridgehead atoms. The van der Waals surface area contributed by atoms with Gasteiger partial charge in [-0.1, -0.05) is 18.3 Å². The van der Waals surface area contributed by atoms with Gasteiger partial charge in [-0.15, -0.1) is 0 Å². The van der Waals surface area contributed by atoms with Crippen LogP contribution in [0.2, 0.25) is 0 Å². The normalized spacial score (nSPS) is 24.3. The van der Waals surface area contributed by atoms with Crippen molar-refractivity contribution in [3.63, 3.8) is 0 Å². The summed E-state index contributed by atoms with van der Waals surface area (Å²) in [5.74, 6) is 0. The molecule has 1 unspecified atom stereocenters. The Hall–Kier alpha value is -0.940. The number of ether oxygens (including phenoxy) is 1. The second kappa shape index (κ2) is 5.36. The Kier molecular flexibility index (Phi) is 4.02. The van der Waals surface area contributed by atoms with Crippen LogP contribution in [0.4, 0.5) is 5.13 Å². The number of piperidine rings is 1. The quantitative estimate of drug-likeness (QED) is 0.787. The first-order valence-corrected chi connectivity index (χ1v) is 7.18. The van der Waals surface area contributed by atoms with Crippen molar-refractivity contribution >= 4 is 22.8 Å². The van der Waals surface area contributed by atoms with Crippen molar-refractivity contribution in [3.05, 3.63) is 10.6 Å². The van der Waals surface area contributed by atoms with Crippen molar-refractivity contribution in [2.24, 2.45) is 0 Å². The summed E-state index contributed by atoms with van der Waals surface area (Å²) in [6.45, 7) is 6.00. The minimum Gasteiger partial charge on any atom is -0.377 e. The smallest absolute Gasteiger partial charge is 0.186 e. The molecule has 1 aliphatic rings. The Morgan fingerprint density at radius 1 is 1.61 bits per heavy atom. The van der Waals surface area contributed by atoms with E-state index in [0.29, 0.717) is 0 Å². The molecule has 0 amide bonds. The number of carbonyl (C=O) groups excluding carboxylic acids is 1. The molecule has 1 saturated heterocycles. The number of aryl methyl sites for hydroxylation is 1. The van der Waals surface area contributed by atoms with Crippen molar-refractivity contribution in [1.82, 2.24) is 4.98 Å². The minimum atomic E-state index is -0.0996. The molecular formula is C13H20N2O2S. The van der Waals surface area contributed by atoms with Gasteiger partial charge in [-0.2, -0.15) is 0 Å². The van der Waals surface area contributed by atoms with Gasteiger partial charge in [0.1, 0.15) is 0 Å². The van der Waals surface area contributed by atoms with E-state index in [-0.39, 0.29) is 5.60 Å². The van der Waals surface area contributed by atoms with E-state index in [1.165, 1.54) is 11.3 Å². The number of methoxy groups -OCH3 is 1. The van der Waals surface area contributed by atoms with Crippen LogP contribution in [0.15, 0.2) is 0 Å². The van der Waals surface area contributed by atoms with Crippen molar-refractivity contribution in [1.29, 1.82) is 0 Å². The fraction of sp³-hybridized carbons (Fsp3) is 0.692. The lowest BCUT2D eigenvalue weighted by atomic mass is 9.95. The van der Waals surface area contributed by atoms with Crippen LogP contribution < -0.4 is 4.90 Å². The van der Waals surface area contributed by atoms with Gasteiger partial charge in [-0.05, 0) is 26.2 Å². The van der Waals surface area contributed by atoms with Crippen LogP contribution in [0, 0.1) is 0 Å². The van der Waals surface area contributed by atoms with E-state index < -0.39 is 0 Å². The van der Waals surface area contributed by atoms with Crippen molar-refractivity contribution < 1.29 is 9.53 Å². The van der Waals surface area contributed by atoms with Crippen LogP contribution in [-0.2, 0) is 11.2 Å². The molecule has 4 nitrogen and oxygen atoms in total. The van der Waals surface area contributed by atoms with Gasteiger partial charge in [0.15, 0.2) is 11.4 Å². The molecule has 18 heavy (non-hydrogen) atoms. The molecule has 5 heteroatoms. The Labute approximate surface area is 112 Å². The highest BCUT2D eigenvalue weighted by atomic mass is 32.1. The number of rotatable bonds is 4. The minimum absolute atomic E-state index is 0.0996. The van der Waals surface area contributed by atoms with Crippen LogP contribution in [0.3, 0.4) is 0 Å². The number of carbonyl (C=O) groups is 1. The van der Waals surface area contributed by atoms with E-state index >= 15 is 0 Å². The monoisotopic (exact) mass is 268 g/mol. The third kappa shape index (κ3) is 2.57. The first-order valence-electron chi connectivity index (χ1n) is 6.37. The summed E-state index contributed by atoms with van der Waals surface area (Å²) in [7, 11) is 1.76. The van der Waals surface area contributed by atoms with Gasteiger partial charge >= 0.3 is 0 Å². The van der Waals surface area contributed by atoms with Gasteiger partial charge in [0.05, 0.1) is 16.2 Å².